The Hall–Kier alpha value is -2.20. The standard InChI is InChI=1S/C16H17N3S/c1-11-6-12(2)8-15(7-11)14-5-3-4-13(9-14)10-18-19-16(17)20/h3-10H,1-2H3,(H3,17,19,20). The van der Waals surface area contributed by atoms with Crippen molar-refractivity contribution in [1.82, 2.24) is 5.43 Å². The van der Waals surface area contributed by atoms with Crippen molar-refractivity contribution >= 4 is 23.5 Å². The lowest BCUT2D eigenvalue weighted by molar-refractivity contribution is 1.04. The van der Waals surface area contributed by atoms with Crippen LogP contribution in [0.4, 0.5) is 0 Å². The molecule has 3 N–H and O–H groups in total. The molecule has 2 aromatic carbocycles. The SMILES string of the molecule is Cc1cc(C)cc(-c2cccc(C=NNC(N)=S)c2)c1. The summed E-state index contributed by atoms with van der Waals surface area (Å²) in [4.78, 5) is 0. The second-order valence-electron chi connectivity index (χ2n) is 4.74. The van der Waals surface area contributed by atoms with Crippen LogP contribution in [0, 0.1) is 13.8 Å². The first kappa shape index (κ1) is 14.2. The minimum atomic E-state index is 0.159. The maximum atomic E-state index is 5.32. The topological polar surface area (TPSA) is 50.4 Å². The molecule has 2 aromatic rings. The van der Waals surface area contributed by atoms with Crippen LogP contribution >= 0.6 is 12.2 Å². The van der Waals surface area contributed by atoms with E-state index in [0.29, 0.717) is 0 Å². The van der Waals surface area contributed by atoms with E-state index in [1.165, 1.54) is 16.7 Å². The Labute approximate surface area is 124 Å². The summed E-state index contributed by atoms with van der Waals surface area (Å²) in [5, 5.41) is 4.13. The molecule has 0 fully saturated rings. The summed E-state index contributed by atoms with van der Waals surface area (Å²) >= 11 is 4.69. The van der Waals surface area contributed by atoms with Crippen molar-refractivity contribution in [3.63, 3.8) is 0 Å². The highest BCUT2D eigenvalue weighted by atomic mass is 32.1. The molecule has 0 heterocycles. The van der Waals surface area contributed by atoms with E-state index in [0.717, 1.165) is 11.1 Å². The number of nitrogens with one attached hydrogen (secondary N) is 1. The third-order valence-corrected chi connectivity index (χ3v) is 2.92. The van der Waals surface area contributed by atoms with Gasteiger partial charge in [0, 0.05) is 0 Å². The fourth-order valence-electron chi connectivity index (χ4n) is 2.11. The van der Waals surface area contributed by atoms with Gasteiger partial charge in [-0.3, -0.25) is 5.43 Å². The van der Waals surface area contributed by atoms with E-state index in [9.17, 15) is 0 Å². The van der Waals surface area contributed by atoms with Gasteiger partial charge in [0.2, 0.25) is 0 Å². The van der Waals surface area contributed by atoms with E-state index in [4.69, 9.17) is 18.0 Å². The number of rotatable bonds is 3. The molecule has 0 bridgehead atoms. The third kappa shape index (κ3) is 3.90. The van der Waals surface area contributed by atoms with Crippen molar-refractivity contribution < 1.29 is 0 Å². The Kier molecular flexibility index (Phi) is 4.48. The molecule has 0 unspecified atom stereocenters. The number of hydrogen-bond acceptors (Lipinski definition) is 2. The monoisotopic (exact) mass is 283 g/mol. The molecule has 0 atom stereocenters. The highest BCUT2D eigenvalue weighted by Gasteiger charge is 2.00. The van der Waals surface area contributed by atoms with Crippen molar-refractivity contribution in [2.24, 2.45) is 10.8 Å². The Morgan fingerprint density at radius 1 is 1.10 bits per heavy atom. The van der Waals surface area contributed by atoms with Crippen LogP contribution in [-0.4, -0.2) is 11.3 Å². The normalized spacial score (nSPS) is 10.7. The molecule has 0 aromatic heterocycles. The zero-order valence-corrected chi connectivity index (χ0v) is 12.4. The number of benzene rings is 2. The lowest BCUT2D eigenvalue weighted by atomic mass is 9.99. The maximum Gasteiger partial charge on any atom is 0.184 e. The first-order valence-corrected chi connectivity index (χ1v) is 6.72. The molecular weight excluding hydrogens is 266 g/mol. The molecule has 3 nitrogen and oxygen atoms in total. The average molecular weight is 283 g/mol. The van der Waals surface area contributed by atoms with Crippen LogP contribution in [-0.2, 0) is 0 Å². The Bertz CT molecular complexity index is 642. The van der Waals surface area contributed by atoms with Crippen LogP contribution in [0.3, 0.4) is 0 Å². The van der Waals surface area contributed by atoms with E-state index < -0.39 is 0 Å². The molecule has 0 aliphatic rings. The van der Waals surface area contributed by atoms with Gasteiger partial charge in [-0.1, -0.05) is 47.5 Å². The highest BCUT2D eigenvalue weighted by molar-refractivity contribution is 7.80. The van der Waals surface area contributed by atoms with Crippen LogP contribution in [0.25, 0.3) is 11.1 Å². The van der Waals surface area contributed by atoms with Gasteiger partial charge >= 0.3 is 0 Å². The highest BCUT2D eigenvalue weighted by Crippen LogP contribution is 2.22. The number of hydrogen-bond donors (Lipinski definition) is 2. The van der Waals surface area contributed by atoms with Crippen LogP contribution in [0.5, 0.6) is 0 Å². The fraction of sp³-hybridized carbons (Fsp3) is 0.125. The zero-order valence-electron chi connectivity index (χ0n) is 11.6. The molecule has 2 rings (SSSR count). The van der Waals surface area contributed by atoms with Gasteiger partial charge in [-0.15, -0.1) is 0 Å². The summed E-state index contributed by atoms with van der Waals surface area (Å²) in [7, 11) is 0. The van der Waals surface area contributed by atoms with Gasteiger partial charge in [0.1, 0.15) is 0 Å². The molecule has 0 aliphatic heterocycles. The molecule has 0 aliphatic carbocycles. The summed E-state index contributed by atoms with van der Waals surface area (Å²) in [5.74, 6) is 0. The summed E-state index contributed by atoms with van der Waals surface area (Å²) in [5.41, 5.74) is 13.7. The number of aryl methyl sites for hydroxylation is 2. The Balaban J connectivity index is 2.29. The van der Waals surface area contributed by atoms with Gasteiger partial charge in [0.15, 0.2) is 5.11 Å². The van der Waals surface area contributed by atoms with E-state index in [1.807, 2.05) is 12.1 Å². The third-order valence-electron chi connectivity index (χ3n) is 2.83. The van der Waals surface area contributed by atoms with E-state index in [2.05, 4.69) is 54.7 Å². The molecular formula is C16H17N3S. The van der Waals surface area contributed by atoms with Crippen molar-refractivity contribution in [2.45, 2.75) is 13.8 Å². The predicted molar refractivity (Wildman–Crippen MR) is 88.9 cm³/mol. The molecule has 0 radical (unpaired) electrons. The minimum Gasteiger partial charge on any atom is -0.375 e. The summed E-state index contributed by atoms with van der Waals surface area (Å²) in [6.07, 6.45) is 1.70. The van der Waals surface area contributed by atoms with Crippen LogP contribution in [0.1, 0.15) is 16.7 Å². The van der Waals surface area contributed by atoms with Crippen molar-refractivity contribution in [2.75, 3.05) is 0 Å². The molecule has 0 spiro atoms. The van der Waals surface area contributed by atoms with Gasteiger partial charge in [-0.05, 0) is 48.8 Å². The zero-order chi connectivity index (χ0) is 14.5. The number of nitrogens with two attached hydrogens (primary N) is 1. The van der Waals surface area contributed by atoms with Gasteiger partial charge in [0.05, 0.1) is 6.21 Å². The van der Waals surface area contributed by atoms with Crippen LogP contribution < -0.4 is 11.2 Å². The Morgan fingerprint density at radius 2 is 1.80 bits per heavy atom. The summed E-state index contributed by atoms with van der Waals surface area (Å²) < 4.78 is 0. The van der Waals surface area contributed by atoms with Crippen molar-refractivity contribution in [1.29, 1.82) is 0 Å². The second-order valence-corrected chi connectivity index (χ2v) is 5.18. The molecule has 0 saturated heterocycles. The lowest BCUT2D eigenvalue weighted by Crippen LogP contribution is -2.23. The quantitative estimate of drug-likeness (QED) is 0.517. The number of nitrogens with zero attached hydrogens (tertiary/aromatic N) is 1. The second kappa shape index (κ2) is 6.30. The van der Waals surface area contributed by atoms with Gasteiger partial charge < -0.3 is 5.73 Å². The average Bonchev–Trinajstić information content (AvgIpc) is 2.37. The van der Waals surface area contributed by atoms with Crippen LogP contribution in [0.15, 0.2) is 47.6 Å². The molecule has 0 saturated carbocycles. The van der Waals surface area contributed by atoms with Gasteiger partial charge in [0.25, 0.3) is 0 Å². The number of hydrazone groups is 1. The molecule has 0 amide bonds. The van der Waals surface area contributed by atoms with Gasteiger partial charge in [-0.2, -0.15) is 5.10 Å². The van der Waals surface area contributed by atoms with E-state index in [-0.39, 0.29) is 5.11 Å². The molecule has 20 heavy (non-hydrogen) atoms. The van der Waals surface area contributed by atoms with Crippen molar-refractivity contribution in [3.05, 3.63) is 59.2 Å². The first-order chi connectivity index (χ1) is 9.54. The number of thiocarbonyl (C=S) groups is 1. The minimum absolute atomic E-state index is 0.159. The molecule has 4 heteroatoms. The lowest BCUT2D eigenvalue weighted by Gasteiger charge is -2.06. The van der Waals surface area contributed by atoms with Crippen LogP contribution in [0.2, 0.25) is 0 Å². The maximum absolute atomic E-state index is 5.32. The summed E-state index contributed by atoms with van der Waals surface area (Å²) in [6.45, 7) is 4.21. The van der Waals surface area contributed by atoms with Gasteiger partial charge in [-0.25, -0.2) is 0 Å². The smallest absolute Gasteiger partial charge is 0.184 e. The predicted octanol–water partition coefficient (Wildman–Crippen LogP) is 3.14. The summed E-state index contributed by atoms with van der Waals surface area (Å²) in [6, 6.07) is 14.7. The van der Waals surface area contributed by atoms with E-state index in [1.54, 1.807) is 6.21 Å². The van der Waals surface area contributed by atoms with Crippen molar-refractivity contribution in [3.8, 4) is 11.1 Å². The molecule has 102 valence electrons. The van der Waals surface area contributed by atoms with E-state index >= 15 is 0 Å². The first-order valence-electron chi connectivity index (χ1n) is 6.32. The largest absolute Gasteiger partial charge is 0.375 e. The Morgan fingerprint density at radius 3 is 2.45 bits per heavy atom. The fourth-order valence-corrected chi connectivity index (χ4v) is 2.16.